The maximum absolute atomic E-state index is 15.3. The van der Waals surface area contributed by atoms with E-state index in [4.69, 9.17) is 4.98 Å². The molecule has 0 spiro atoms. The molecule has 0 aliphatic carbocycles. The van der Waals surface area contributed by atoms with Gasteiger partial charge in [0, 0.05) is 98.0 Å². The van der Waals surface area contributed by atoms with Gasteiger partial charge in [-0.1, -0.05) is 42.5 Å². The van der Waals surface area contributed by atoms with Crippen molar-refractivity contribution in [1.82, 2.24) is 30.5 Å². The Morgan fingerprint density at radius 1 is 0.706 bits per heavy atom. The number of likely N-dealkylation sites (tertiary alicyclic amines) is 1. The maximum Gasteiger partial charge on any atom is 0.254 e. The van der Waals surface area contributed by atoms with Crippen LogP contribution in [-0.4, -0.2) is 69.9 Å². The molecule has 2 N–H and O–H groups in total. The van der Waals surface area contributed by atoms with E-state index in [-0.39, 0.29) is 29.5 Å². The normalized spacial score (nSPS) is 15.8. The van der Waals surface area contributed by atoms with Crippen LogP contribution < -0.4 is 15.5 Å². The molecule has 7 rings (SSSR count). The summed E-state index contributed by atoms with van der Waals surface area (Å²) < 4.78 is 15.3. The van der Waals surface area contributed by atoms with E-state index >= 15 is 4.39 Å². The van der Waals surface area contributed by atoms with E-state index in [9.17, 15) is 9.59 Å². The quantitative estimate of drug-likeness (QED) is 0.184. The Morgan fingerprint density at radius 2 is 1.29 bits per heavy atom. The number of nitrogens with zero attached hydrogens (tertiary/aromatic N) is 5. The third-order valence-corrected chi connectivity index (χ3v) is 10.1. The first-order chi connectivity index (χ1) is 24.9. The molecule has 10 heteroatoms. The smallest absolute Gasteiger partial charge is 0.254 e. The molecule has 0 atom stereocenters. The molecule has 2 aliphatic heterocycles. The lowest BCUT2D eigenvalue weighted by Crippen LogP contribution is -2.45. The Labute approximate surface area is 298 Å². The summed E-state index contributed by atoms with van der Waals surface area (Å²) in [5.74, 6) is 0.00200. The molecule has 0 unspecified atom stereocenters. The number of piperidine rings is 2. The van der Waals surface area contributed by atoms with Crippen LogP contribution in [0.4, 0.5) is 10.2 Å². The molecule has 2 fully saturated rings. The van der Waals surface area contributed by atoms with Gasteiger partial charge in [0.25, 0.3) is 11.8 Å². The van der Waals surface area contributed by atoms with Gasteiger partial charge >= 0.3 is 0 Å². The molecule has 51 heavy (non-hydrogen) atoms. The number of halogens is 1. The number of hydrogen-bond acceptors (Lipinski definition) is 7. The number of nitrogens with one attached hydrogen (secondary N) is 2. The molecule has 9 nitrogen and oxygen atoms in total. The van der Waals surface area contributed by atoms with Crippen molar-refractivity contribution in [3.63, 3.8) is 0 Å². The van der Waals surface area contributed by atoms with Crippen molar-refractivity contribution in [2.75, 3.05) is 31.1 Å². The Bertz CT molecular complexity index is 1960. The lowest BCUT2D eigenvalue weighted by atomic mass is 9.96. The molecule has 5 heterocycles. The van der Waals surface area contributed by atoms with Crippen molar-refractivity contribution in [2.45, 2.75) is 51.2 Å². The van der Waals surface area contributed by atoms with E-state index in [0.29, 0.717) is 16.7 Å². The van der Waals surface area contributed by atoms with Gasteiger partial charge in [-0.3, -0.25) is 24.5 Å². The first kappa shape index (κ1) is 34.0. The van der Waals surface area contributed by atoms with Crippen LogP contribution in [0.5, 0.6) is 0 Å². The molecule has 260 valence electrons. The highest BCUT2D eigenvalue weighted by Crippen LogP contribution is 2.27. The van der Waals surface area contributed by atoms with Crippen LogP contribution >= 0.6 is 0 Å². The number of amides is 2. The fourth-order valence-corrected chi connectivity index (χ4v) is 7.14. The molecule has 0 bridgehead atoms. The maximum atomic E-state index is 15.3. The fraction of sp³-hybridized carbons (Fsp3) is 0.293. The van der Waals surface area contributed by atoms with E-state index in [1.165, 1.54) is 6.07 Å². The summed E-state index contributed by atoms with van der Waals surface area (Å²) in [5, 5.41) is 6.32. The zero-order chi connectivity index (χ0) is 35.2. The van der Waals surface area contributed by atoms with Crippen LogP contribution in [0.15, 0.2) is 104 Å². The van der Waals surface area contributed by atoms with E-state index in [2.05, 4.69) is 42.5 Å². The SMILES string of the molecule is Cc1c(C(=O)NC2CCN(c3ccc(CN4CCC(NC(=O)c5cccc(-c6cccnc6)c5F)CC4)cn3)CC2)cccc1-c1cccnc1. The van der Waals surface area contributed by atoms with E-state index in [1.54, 1.807) is 42.9 Å². The molecule has 0 saturated carbocycles. The molecule has 5 aromatic rings. The molecular formula is C41H42FN7O2. The lowest BCUT2D eigenvalue weighted by Gasteiger charge is -2.34. The first-order valence-electron chi connectivity index (χ1n) is 17.7. The highest BCUT2D eigenvalue weighted by molar-refractivity contribution is 5.98. The van der Waals surface area contributed by atoms with Crippen molar-refractivity contribution < 1.29 is 14.0 Å². The standard InChI is InChI=1S/C41H42FN7O2/c1-28-34(30-6-4-18-43-25-30)8-2-9-35(28)40(50)46-33-16-22-49(23-17-33)38-13-12-29(24-45-38)27-48-20-14-32(15-21-48)47-41(51)37-11-3-10-36(39(37)42)31-7-5-19-44-26-31/h2-13,18-19,24-26,32-33H,14-17,20-23,27H2,1H3,(H,46,50)(H,47,51). The summed E-state index contributed by atoms with van der Waals surface area (Å²) in [7, 11) is 0. The zero-order valence-electron chi connectivity index (χ0n) is 28.8. The Morgan fingerprint density at radius 3 is 1.90 bits per heavy atom. The summed E-state index contributed by atoms with van der Waals surface area (Å²) in [5.41, 5.74) is 5.88. The predicted octanol–water partition coefficient (Wildman–Crippen LogP) is 6.45. The molecule has 0 radical (unpaired) electrons. The molecular weight excluding hydrogens is 641 g/mol. The Kier molecular flexibility index (Phi) is 10.4. The molecule has 2 aromatic carbocycles. The van der Waals surface area contributed by atoms with Crippen molar-refractivity contribution in [1.29, 1.82) is 0 Å². The van der Waals surface area contributed by atoms with Gasteiger partial charge in [0.2, 0.25) is 0 Å². The minimum atomic E-state index is -0.526. The highest BCUT2D eigenvalue weighted by Gasteiger charge is 2.25. The average molecular weight is 684 g/mol. The largest absolute Gasteiger partial charge is 0.356 e. The van der Waals surface area contributed by atoms with Gasteiger partial charge in [0.15, 0.2) is 0 Å². The van der Waals surface area contributed by atoms with Crippen molar-refractivity contribution in [3.05, 3.63) is 132 Å². The van der Waals surface area contributed by atoms with Crippen molar-refractivity contribution in [3.8, 4) is 22.3 Å². The average Bonchev–Trinajstić information content (AvgIpc) is 3.17. The summed E-state index contributed by atoms with van der Waals surface area (Å²) >= 11 is 0. The monoisotopic (exact) mass is 683 g/mol. The van der Waals surface area contributed by atoms with Crippen LogP contribution in [0.3, 0.4) is 0 Å². The minimum Gasteiger partial charge on any atom is -0.356 e. The van der Waals surface area contributed by atoms with Crippen molar-refractivity contribution in [2.24, 2.45) is 0 Å². The van der Waals surface area contributed by atoms with Gasteiger partial charge in [0.05, 0.1) is 5.56 Å². The van der Waals surface area contributed by atoms with Crippen LogP contribution in [0.1, 0.15) is 57.5 Å². The van der Waals surface area contributed by atoms with Gasteiger partial charge in [-0.25, -0.2) is 9.37 Å². The van der Waals surface area contributed by atoms with E-state index in [1.807, 2.05) is 49.6 Å². The van der Waals surface area contributed by atoms with Gasteiger partial charge in [-0.15, -0.1) is 0 Å². The predicted molar refractivity (Wildman–Crippen MR) is 197 cm³/mol. The van der Waals surface area contributed by atoms with Crippen LogP contribution in [-0.2, 0) is 6.54 Å². The molecule has 2 aliphatic rings. The number of benzene rings is 2. The summed E-state index contributed by atoms with van der Waals surface area (Å²) in [6.45, 7) is 6.08. The van der Waals surface area contributed by atoms with Gasteiger partial charge in [-0.2, -0.15) is 0 Å². The summed E-state index contributed by atoms with van der Waals surface area (Å²) in [4.78, 5) is 44.0. The number of carbonyl (C=O) groups is 2. The number of hydrogen-bond donors (Lipinski definition) is 2. The molecule has 3 aromatic heterocycles. The van der Waals surface area contributed by atoms with Gasteiger partial charge < -0.3 is 15.5 Å². The van der Waals surface area contributed by atoms with E-state index in [0.717, 1.165) is 86.5 Å². The van der Waals surface area contributed by atoms with Crippen LogP contribution in [0.2, 0.25) is 0 Å². The van der Waals surface area contributed by atoms with Crippen LogP contribution in [0.25, 0.3) is 22.3 Å². The van der Waals surface area contributed by atoms with Gasteiger partial charge in [0.1, 0.15) is 11.6 Å². The number of carbonyl (C=O) groups excluding carboxylic acids is 2. The Hall–Kier alpha value is -5.48. The Balaban J connectivity index is 0.859. The van der Waals surface area contributed by atoms with Crippen LogP contribution in [0, 0.1) is 12.7 Å². The number of rotatable bonds is 9. The first-order valence-corrected chi connectivity index (χ1v) is 17.7. The third kappa shape index (κ3) is 7.97. The zero-order valence-corrected chi connectivity index (χ0v) is 28.8. The summed E-state index contributed by atoms with van der Waals surface area (Å²) in [6.07, 6.45) is 12.0. The molecule has 2 saturated heterocycles. The number of anilines is 1. The van der Waals surface area contributed by atoms with E-state index < -0.39 is 5.82 Å². The topological polar surface area (TPSA) is 103 Å². The second kappa shape index (κ2) is 15.6. The number of pyridine rings is 3. The van der Waals surface area contributed by atoms with Crippen molar-refractivity contribution >= 4 is 17.6 Å². The fourth-order valence-electron chi connectivity index (χ4n) is 7.14. The second-order valence-electron chi connectivity index (χ2n) is 13.4. The minimum absolute atomic E-state index is 0.00978. The highest BCUT2D eigenvalue weighted by atomic mass is 19.1. The third-order valence-electron chi connectivity index (χ3n) is 10.1. The summed E-state index contributed by atoms with van der Waals surface area (Å²) in [6, 6.07) is 22.5. The molecule has 2 amide bonds. The second-order valence-corrected chi connectivity index (χ2v) is 13.4. The number of aromatic nitrogens is 3. The van der Waals surface area contributed by atoms with Gasteiger partial charge in [-0.05, 0) is 79.6 Å². The lowest BCUT2D eigenvalue weighted by molar-refractivity contribution is 0.0902.